The van der Waals surface area contributed by atoms with Crippen molar-refractivity contribution in [2.24, 2.45) is 0 Å². The summed E-state index contributed by atoms with van der Waals surface area (Å²) in [5, 5.41) is 3.06. The third-order valence-electron chi connectivity index (χ3n) is 2.49. The van der Waals surface area contributed by atoms with Crippen LogP contribution < -0.4 is 10.1 Å². The summed E-state index contributed by atoms with van der Waals surface area (Å²) in [7, 11) is 3.29. The molecule has 0 aliphatic rings. The molecule has 0 spiro atoms. The molecule has 0 aromatic carbocycles. The highest BCUT2D eigenvalue weighted by atomic mass is 19.1. The van der Waals surface area contributed by atoms with E-state index in [9.17, 15) is 4.39 Å². The summed E-state index contributed by atoms with van der Waals surface area (Å²) in [4.78, 5) is 12.4. The lowest BCUT2D eigenvalue weighted by Gasteiger charge is -2.16. The van der Waals surface area contributed by atoms with Gasteiger partial charge < -0.3 is 10.1 Å². The van der Waals surface area contributed by atoms with Gasteiger partial charge in [-0.2, -0.15) is 0 Å². The Bertz CT molecular complexity index is 518. The summed E-state index contributed by atoms with van der Waals surface area (Å²) in [6.07, 6.45) is 4.29. The molecule has 0 bridgehead atoms. The predicted octanol–water partition coefficient (Wildman–Crippen LogP) is 1.33. The van der Waals surface area contributed by atoms with Crippen LogP contribution in [0.5, 0.6) is 5.88 Å². The van der Waals surface area contributed by atoms with Crippen molar-refractivity contribution in [1.29, 1.82) is 0 Å². The summed E-state index contributed by atoms with van der Waals surface area (Å²) in [5.41, 5.74) is 1.26. The van der Waals surface area contributed by atoms with Gasteiger partial charge in [0.15, 0.2) is 0 Å². The molecule has 6 heteroatoms. The highest BCUT2D eigenvalue weighted by Gasteiger charge is 2.20. The van der Waals surface area contributed by atoms with Crippen molar-refractivity contribution in [1.82, 2.24) is 20.3 Å². The molecule has 2 heterocycles. The van der Waals surface area contributed by atoms with E-state index in [4.69, 9.17) is 4.74 Å². The molecule has 1 N–H and O–H groups in total. The van der Waals surface area contributed by atoms with Gasteiger partial charge >= 0.3 is 0 Å². The lowest BCUT2D eigenvalue weighted by molar-refractivity contribution is 0.383. The largest absolute Gasteiger partial charge is 0.480 e. The smallest absolute Gasteiger partial charge is 0.237 e. The molecule has 1 atom stereocenters. The molecule has 5 nitrogen and oxygen atoms in total. The first-order valence-electron chi connectivity index (χ1n) is 5.40. The van der Waals surface area contributed by atoms with Crippen molar-refractivity contribution in [2.45, 2.75) is 6.04 Å². The molecule has 0 radical (unpaired) electrons. The minimum absolute atomic E-state index is 0.297. The zero-order valence-electron chi connectivity index (χ0n) is 10.1. The second kappa shape index (κ2) is 5.50. The average Bonchev–Trinajstić information content (AvgIpc) is 2.42. The molecule has 2 aromatic heterocycles. The Morgan fingerprint density at radius 1 is 1.22 bits per heavy atom. The van der Waals surface area contributed by atoms with Crippen LogP contribution >= 0.6 is 0 Å². The van der Waals surface area contributed by atoms with Crippen LogP contribution in [-0.4, -0.2) is 29.1 Å². The Hall–Kier alpha value is -2.08. The Kier molecular flexibility index (Phi) is 3.78. The number of rotatable bonds is 4. The average molecular weight is 248 g/mol. The van der Waals surface area contributed by atoms with Crippen LogP contribution in [0.2, 0.25) is 0 Å². The van der Waals surface area contributed by atoms with E-state index in [1.165, 1.54) is 19.4 Å². The lowest BCUT2D eigenvalue weighted by Crippen LogP contribution is -2.21. The molecule has 0 aliphatic heterocycles. The number of nitrogens with one attached hydrogen (secondary N) is 1. The summed E-state index contributed by atoms with van der Waals surface area (Å²) >= 11 is 0. The maximum absolute atomic E-state index is 12.9. The summed E-state index contributed by atoms with van der Waals surface area (Å²) < 4.78 is 18.0. The number of halogens is 1. The number of pyridine rings is 1. The minimum atomic E-state index is -0.375. The maximum Gasteiger partial charge on any atom is 0.237 e. The van der Waals surface area contributed by atoms with E-state index in [1.54, 1.807) is 25.5 Å². The minimum Gasteiger partial charge on any atom is -0.480 e. The first kappa shape index (κ1) is 12.4. The number of aromatic nitrogens is 3. The lowest BCUT2D eigenvalue weighted by atomic mass is 10.1. The van der Waals surface area contributed by atoms with Crippen LogP contribution in [0.1, 0.15) is 17.4 Å². The van der Waals surface area contributed by atoms with Gasteiger partial charge in [0.05, 0.1) is 25.0 Å². The van der Waals surface area contributed by atoms with E-state index in [2.05, 4.69) is 20.3 Å². The van der Waals surface area contributed by atoms with Crippen LogP contribution in [0.15, 0.2) is 30.7 Å². The molecule has 1 unspecified atom stereocenters. The normalized spacial score (nSPS) is 12.2. The van der Waals surface area contributed by atoms with Crippen molar-refractivity contribution in [3.63, 3.8) is 0 Å². The van der Waals surface area contributed by atoms with Gasteiger partial charge in [-0.3, -0.25) is 9.97 Å². The zero-order valence-corrected chi connectivity index (χ0v) is 10.1. The molecule has 0 saturated heterocycles. The zero-order chi connectivity index (χ0) is 13.0. The summed E-state index contributed by atoms with van der Waals surface area (Å²) in [5.74, 6) is 0.0442. The Morgan fingerprint density at radius 3 is 2.61 bits per heavy atom. The summed E-state index contributed by atoms with van der Waals surface area (Å²) in [6.45, 7) is 0. The van der Waals surface area contributed by atoms with Crippen LogP contribution in [-0.2, 0) is 0 Å². The number of nitrogens with zero attached hydrogens (tertiary/aromatic N) is 3. The van der Waals surface area contributed by atoms with E-state index < -0.39 is 0 Å². The quantitative estimate of drug-likeness (QED) is 0.884. The van der Waals surface area contributed by atoms with Crippen LogP contribution in [0, 0.1) is 5.82 Å². The Morgan fingerprint density at radius 2 is 2.00 bits per heavy atom. The van der Waals surface area contributed by atoms with Crippen LogP contribution in [0.25, 0.3) is 0 Å². The molecule has 2 rings (SSSR count). The predicted molar refractivity (Wildman–Crippen MR) is 63.7 cm³/mol. The van der Waals surface area contributed by atoms with Gasteiger partial charge in [-0.1, -0.05) is 0 Å². The molecule has 0 fully saturated rings. The van der Waals surface area contributed by atoms with E-state index in [0.717, 1.165) is 0 Å². The van der Waals surface area contributed by atoms with Gasteiger partial charge in [-0.25, -0.2) is 9.37 Å². The molecule has 94 valence electrons. The molecular formula is C12H13FN4O. The van der Waals surface area contributed by atoms with Crippen LogP contribution in [0.3, 0.4) is 0 Å². The molecule has 2 aromatic rings. The summed E-state index contributed by atoms with van der Waals surface area (Å²) in [6, 6.07) is 2.66. The number of hydrogen-bond donors (Lipinski definition) is 1. The SMILES string of the molecule is CNC(c1ccc(F)cn1)c1nccnc1OC. The van der Waals surface area contributed by atoms with Crippen molar-refractivity contribution < 1.29 is 9.13 Å². The molecule has 0 aliphatic carbocycles. The fourth-order valence-corrected chi connectivity index (χ4v) is 1.67. The van der Waals surface area contributed by atoms with E-state index in [1.807, 2.05) is 0 Å². The van der Waals surface area contributed by atoms with Crippen molar-refractivity contribution in [2.75, 3.05) is 14.2 Å². The van der Waals surface area contributed by atoms with E-state index in [0.29, 0.717) is 17.3 Å². The fourth-order valence-electron chi connectivity index (χ4n) is 1.67. The molecule has 18 heavy (non-hydrogen) atoms. The standard InChI is InChI=1S/C12H13FN4O/c1-14-10(9-4-3-8(13)7-17-9)11-12(18-2)16-6-5-15-11/h3-7,10,14H,1-2H3. The first-order chi connectivity index (χ1) is 8.76. The molecule has 0 saturated carbocycles. The fraction of sp³-hybridized carbons (Fsp3) is 0.250. The third kappa shape index (κ3) is 2.43. The number of ether oxygens (including phenoxy) is 1. The Balaban J connectivity index is 2.41. The van der Waals surface area contributed by atoms with Gasteiger partial charge in [0.2, 0.25) is 5.88 Å². The Labute approximate surface area is 104 Å². The van der Waals surface area contributed by atoms with Gasteiger partial charge in [0.1, 0.15) is 11.5 Å². The van der Waals surface area contributed by atoms with Gasteiger partial charge in [-0.15, -0.1) is 0 Å². The second-order valence-electron chi connectivity index (χ2n) is 3.57. The highest BCUT2D eigenvalue weighted by Crippen LogP contribution is 2.24. The van der Waals surface area contributed by atoms with Crippen molar-refractivity contribution in [3.05, 3.63) is 47.9 Å². The van der Waals surface area contributed by atoms with Gasteiger partial charge in [-0.05, 0) is 19.2 Å². The highest BCUT2D eigenvalue weighted by molar-refractivity contribution is 5.29. The molecular weight excluding hydrogens is 235 g/mol. The van der Waals surface area contributed by atoms with Crippen LogP contribution in [0.4, 0.5) is 4.39 Å². The first-order valence-corrected chi connectivity index (χ1v) is 5.40. The second-order valence-corrected chi connectivity index (χ2v) is 3.57. The van der Waals surface area contributed by atoms with Gasteiger partial charge in [0, 0.05) is 12.4 Å². The topological polar surface area (TPSA) is 59.9 Å². The van der Waals surface area contributed by atoms with Gasteiger partial charge in [0.25, 0.3) is 0 Å². The third-order valence-corrected chi connectivity index (χ3v) is 2.49. The van der Waals surface area contributed by atoms with E-state index in [-0.39, 0.29) is 11.9 Å². The number of methoxy groups -OCH3 is 1. The maximum atomic E-state index is 12.9. The molecule has 0 amide bonds. The van der Waals surface area contributed by atoms with Crippen molar-refractivity contribution in [3.8, 4) is 5.88 Å². The van der Waals surface area contributed by atoms with Crippen molar-refractivity contribution >= 4 is 0 Å². The monoisotopic (exact) mass is 248 g/mol. The van der Waals surface area contributed by atoms with E-state index >= 15 is 0 Å². The number of hydrogen-bond acceptors (Lipinski definition) is 5.